The van der Waals surface area contributed by atoms with E-state index in [9.17, 15) is 4.79 Å². The Morgan fingerprint density at radius 1 is 1.26 bits per heavy atom. The second-order valence-corrected chi connectivity index (χ2v) is 6.53. The summed E-state index contributed by atoms with van der Waals surface area (Å²) in [5.41, 5.74) is 0.511. The zero-order valence-electron chi connectivity index (χ0n) is 13.3. The summed E-state index contributed by atoms with van der Waals surface area (Å²) in [6.45, 7) is 4.87. The maximum atomic E-state index is 12.6. The monoisotopic (exact) mass is 317 g/mol. The normalized spacial score (nSPS) is 31.3. The van der Waals surface area contributed by atoms with Gasteiger partial charge in [-0.2, -0.15) is 0 Å². The van der Waals surface area contributed by atoms with E-state index < -0.39 is 0 Å². The van der Waals surface area contributed by atoms with E-state index in [1.165, 1.54) is 0 Å². The molecular weight excluding hydrogens is 294 g/mol. The van der Waals surface area contributed by atoms with Crippen LogP contribution in [0, 0.1) is 0 Å². The van der Waals surface area contributed by atoms with E-state index >= 15 is 0 Å². The van der Waals surface area contributed by atoms with Crippen LogP contribution in [-0.2, 0) is 9.47 Å². The predicted molar refractivity (Wildman–Crippen MR) is 84.2 cm³/mol. The van der Waals surface area contributed by atoms with Gasteiger partial charge >= 0.3 is 0 Å². The van der Waals surface area contributed by atoms with Gasteiger partial charge in [0.05, 0.1) is 24.9 Å². The lowest BCUT2D eigenvalue weighted by Crippen LogP contribution is -2.52. The van der Waals surface area contributed by atoms with Gasteiger partial charge in [0.1, 0.15) is 5.69 Å². The molecule has 3 atom stereocenters. The second-order valence-electron chi connectivity index (χ2n) is 6.53. The Morgan fingerprint density at radius 3 is 3.00 bits per heavy atom. The molecular formula is C17H23N3O3. The lowest BCUT2D eigenvalue weighted by Gasteiger charge is -2.37. The molecule has 3 aliphatic heterocycles. The molecule has 23 heavy (non-hydrogen) atoms. The van der Waals surface area contributed by atoms with Gasteiger partial charge in [0, 0.05) is 39.0 Å². The minimum Gasteiger partial charge on any atom is -0.377 e. The van der Waals surface area contributed by atoms with Crippen molar-refractivity contribution in [2.24, 2.45) is 0 Å². The Morgan fingerprint density at radius 2 is 2.22 bits per heavy atom. The SMILES string of the molecule is O=C(c1ccccn1)N1C[C@@H]2OCCN(CC3CCCO3)[C@H]2C1. The smallest absolute Gasteiger partial charge is 0.272 e. The minimum absolute atomic E-state index is 0.000617. The van der Waals surface area contributed by atoms with Crippen LogP contribution >= 0.6 is 0 Å². The maximum absolute atomic E-state index is 12.6. The van der Waals surface area contributed by atoms with Gasteiger partial charge in [-0.3, -0.25) is 14.7 Å². The third kappa shape index (κ3) is 3.11. The van der Waals surface area contributed by atoms with Crippen molar-refractivity contribution in [1.29, 1.82) is 0 Å². The highest BCUT2D eigenvalue weighted by Crippen LogP contribution is 2.25. The lowest BCUT2D eigenvalue weighted by atomic mass is 10.1. The zero-order chi connectivity index (χ0) is 15.6. The van der Waals surface area contributed by atoms with Crippen molar-refractivity contribution in [2.45, 2.75) is 31.1 Å². The zero-order valence-corrected chi connectivity index (χ0v) is 13.3. The molecule has 3 saturated heterocycles. The van der Waals surface area contributed by atoms with E-state index in [2.05, 4.69) is 9.88 Å². The first-order valence-corrected chi connectivity index (χ1v) is 8.49. The molecule has 1 unspecified atom stereocenters. The molecule has 0 saturated carbocycles. The van der Waals surface area contributed by atoms with Crippen molar-refractivity contribution >= 4 is 5.91 Å². The van der Waals surface area contributed by atoms with Gasteiger partial charge in [-0.15, -0.1) is 0 Å². The van der Waals surface area contributed by atoms with Crippen molar-refractivity contribution in [3.05, 3.63) is 30.1 Å². The van der Waals surface area contributed by atoms with Crippen LogP contribution in [0.25, 0.3) is 0 Å². The van der Waals surface area contributed by atoms with Gasteiger partial charge in [0.25, 0.3) is 5.91 Å². The molecule has 0 spiro atoms. The van der Waals surface area contributed by atoms with E-state index in [0.29, 0.717) is 24.9 Å². The summed E-state index contributed by atoms with van der Waals surface area (Å²) in [7, 11) is 0. The average Bonchev–Trinajstić information content (AvgIpc) is 3.25. The number of rotatable bonds is 3. The molecule has 0 aromatic carbocycles. The van der Waals surface area contributed by atoms with E-state index in [4.69, 9.17) is 9.47 Å². The van der Waals surface area contributed by atoms with Crippen LogP contribution < -0.4 is 0 Å². The molecule has 1 aromatic heterocycles. The largest absolute Gasteiger partial charge is 0.377 e. The first kappa shape index (κ1) is 15.1. The van der Waals surface area contributed by atoms with Gasteiger partial charge < -0.3 is 14.4 Å². The fourth-order valence-corrected chi connectivity index (χ4v) is 3.85. The van der Waals surface area contributed by atoms with Gasteiger partial charge in [-0.05, 0) is 25.0 Å². The van der Waals surface area contributed by atoms with Crippen LogP contribution in [0.15, 0.2) is 24.4 Å². The molecule has 4 heterocycles. The minimum atomic E-state index is 0.000617. The number of fused-ring (bicyclic) bond motifs is 1. The Kier molecular flexibility index (Phi) is 4.29. The fraction of sp³-hybridized carbons (Fsp3) is 0.647. The summed E-state index contributed by atoms with van der Waals surface area (Å²) < 4.78 is 11.7. The molecule has 0 radical (unpaired) electrons. The van der Waals surface area contributed by atoms with Crippen molar-refractivity contribution < 1.29 is 14.3 Å². The molecule has 0 bridgehead atoms. The van der Waals surface area contributed by atoms with Crippen LogP contribution in [0.5, 0.6) is 0 Å². The number of morpholine rings is 1. The molecule has 124 valence electrons. The van der Waals surface area contributed by atoms with Crippen LogP contribution in [-0.4, -0.2) is 78.3 Å². The Hall–Kier alpha value is -1.50. The standard InChI is InChI=1S/C17H23N3O3/c21-17(14-5-1-2-6-18-14)20-11-15-16(12-20)23-9-7-19(15)10-13-4-3-8-22-13/h1-2,5-6,13,15-16H,3-4,7-12H2/t13?,15-,16-/m0/s1. The lowest BCUT2D eigenvalue weighted by molar-refractivity contribution is -0.0614. The molecule has 0 aliphatic carbocycles. The molecule has 1 aromatic rings. The van der Waals surface area contributed by atoms with Crippen molar-refractivity contribution in [2.75, 3.05) is 39.4 Å². The summed E-state index contributed by atoms with van der Waals surface area (Å²) >= 11 is 0. The van der Waals surface area contributed by atoms with Gasteiger partial charge in [0.15, 0.2) is 0 Å². The number of hydrogen-bond acceptors (Lipinski definition) is 5. The summed E-state index contributed by atoms with van der Waals surface area (Å²) in [5, 5.41) is 0. The highest BCUT2D eigenvalue weighted by atomic mass is 16.5. The fourth-order valence-electron chi connectivity index (χ4n) is 3.85. The highest BCUT2D eigenvalue weighted by molar-refractivity contribution is 5.92. The van der Waals surface area contributed by atoms with Crippen molar-refractivity contribution in [3.8, 4) is 0 Å². The van der Waals surface area contributed by atoms with E-state index in [1.54, 1.807) is 12.3 Å². The summed E-state index contributed by atoms with van der Waals surface area (Å²) in [6.07, 6.45) is 4.42. The van der Waals surface area contributed by atoms with Crippen LogP contribution in [0.3, 0.4) is 0 Å². The number of likely N-dealkylation sites (tertiary alicyclic amines) is 1. The van der Waals surface area contributed by atoms with Crippen LogP contribution in [0.1, 0.15) is 23.3 Å². The molecule has 1 amide bonds. The van der Waals surface area contributed by atoms with E-state index in [1.807, 2.05) is 17.0 Å². The van der Waals surface area contributed by atoms with Gasteiger partial charge in [-0.25, -0.2) is 0 Å². The van der Waals surface area contributed by atoms with Crippen LogP contribution in [0.4, 0.5) is 0 Å². The number of ether oxygens (including phenoxy) is 2. The number of nitrogens with zero attached hydrogens (tertiary/aromatic N) is 3. The molecule has 6 heteroatoms. The number of hydrogen-bond donors (Lipinski definition) is 0. The molecule has 0 N–H and O–H groups in total. The summed E-state index contributed by atoms with van der Waals surface area (Å²) in [4.78, 5) is 21.1. The topological polar surface area (TPSA) is 54.9 Å². The molecule has 3 fully saturated rings. The number of aromatic nitrogens is 1. The quantitative estimate of drug-likeness (QED) is 0.825. The van der Waals surface area contributed by atoms with Crippen LogP contribution in [0.2, 0.25) is 0 Å². The third-order valence-electron chi connectivity index (χ3n) is 5.05. The first-order chi connectivity index (χ1) is 11.3. The van der Waals surface area contributed by atoms with Crippen molar-refractivity contribution in [1.82, 2.24) is 14.8 Å². The second kappa shape index (κ2) is 6.55. The van der Waals surface area contributed by atoms with Gasteiger partial charge in [-0.1, -0.05) is 6.07 Å². The predicted octanol–water partition coefficient (Wildman–Crippen LogP) is 0.786. The summed E-state index contributed by atoms with van der Waals surface area (Å²) in [6, 6.07) is 5.73. The Bertz CT molecular complexity index is 547. The van der Waals surface area contributed by atoms with Crippen molar-refractivity contribution in [3.63, 3.8) is 0 Å². The molecule has 3 aliphatic rings. The summed E-state index contributed by atoms with van der Waals surface area (Å²) in [5.74, 6) is 0.000617. The number of pyridine rings is 1. The maximum Gasteiger partial charge on any atom is 0.272 e. The molecule has 4 rings (SSSR count). The van der Waals surface area contributed by atoms with Gasteiger partial charge in [0.2, 0.25) is 0 Å². The Labute approximate surface area is 136 Å². The Balaban J connectivity index is 1.43. The first-order valence-electron chi connectivity index (χ1n) is 8.49. The number of amides is 1. The van der Waals surface area contributed by atoms with E-state index in [-0.39, 0.29) is 18.1 Å². The number of carbonyl (C=O) groups excluding carboxylic acids is 1. The highest BCUT2D eigenvalue weighted by Gasteiger charge is 2.42. The molecule has 6 nitrogen and oxygen atoms in total. The third-order valence-corrected chi connectivity index (χ3v) is 5.05. The number of carbonyl (C=O) groups is 1. The van der Waals surface area contributed by atoms with E-state index in [0.717, 1.165) is 39.1 Å². The average molecular weight is 317 g/mol.